The number of rotatable bonds is 5. The molecular weight excluding hydrogens is 506 g/mol. The summed E-state index contributed by atoms with van der Waals surface area (Å²) in [6.07, 6.45) is 0. The molecule has 0 saturated heterocycles. The monoisotopic (exact) mass is 521 g/mol. The van der Waals surface area contributed by atoms with Gasteiger partial charge in [-0.05, 0) is 53.5 Å². The van der Waals surface area contributed by atoms with Crippen molar-refractivity contribution in [3.05, 3.63) is 85.0 Å². The van der Waals surface area contributed by atoms with Crippen molar-refractivity contribution in [2.75, 3.05) is 6.66 Å². The minimum absolute atomic E-state index is 0. The molecule has 1 unspecified atom stereocenters. The fourth-order valence-electron chi connectivity index (χ4n) is 2.24. The number of halogens is 2. The second kappa shape index (κ2) is 12.3. The van der Waals surface area contributed by atoms with Crippen molar-refractivity contribution in [1.29, 1.82) is 0 Å². The molecule has 14 heteroatoms. The first-order valence-corrected chi connectivity index (χ1v) is 11.6. The molecule has 3 rings (SSSR count). The molecule has 1 atom stereocenters. The van der Waals surface area contributed by atoms with E-state index in [2.05, 4.69) is 4.99 Å². The van der Waals surface area contributed by atoms with Crippen molar-refractivity contribution in [3.8, 4) is 0 Å². The summed E-state index contributed by atoms with van der Waals surface area (Å²) in [5.41, 5.74) is 0.239. The Bertz CT molecular complexity index is 1220. The second-order valence-electron chi connectivity index (χ2n) is 5.92. The van der Waals surface area contributed by atoms with Crippen LogP contribution in [0.5, 0.6) is 0 Å². The van der Waals surface area contributed by atoms with Crippen LogP contribution in [-0.2, 0) is 11.1 Å². The fourth-order valence-corrected chi connectivity index (χ4v) is 3.88. The van der Waals surface area contributed by atoms with Gasteiger partial charge in [-0.1, -0.05) is 40.1 Å². The van der Waals surface area contributed by atoms with Gasteiger partial charge in [0.2, 0.25) is 4.80 Å². The van der Waals surface area contributed by atoms with E-state index in [1.54, 1.807) is 24.3 Å². The van der Waals surface area contributed by atoms with Crippen LogP contribution in [0.15, 0.2) is 58.3 Å². The van der Waals surface area contributed by atoms with E-state index in [0.29, 0.717) is 14.8 Å². The molecule has 3 aromatic rings. The Morgan fingerprint density at radius 2 is 1.61 bits per heavy atom. The number of carbonyl (C=O) groups is 1. The standard InChI is InChI=1S/C17H14Cl2N3O5PS.2Na.2H/c1-28(25,26)27-22-16(20-15(23)12-4-8-14(19)9-5-12)29-21(17(22)24)10-11-2-6-13(18)7-3-11;;;;/h2-9H,10H2,1H3,(H,25,26);;;;/b20-16-;;;;. The quantitative estimate of drug-likeness (QED) is 0.407. The predicted molar refractivity (Wildman–Crippen MR) is 125 cm³/mol. The van der Waals surface area contributed by atoms with Crippen LogP contribution >= 0.6 is 42.3 Å². The molecule has 8 nitrogen and oxygen atoms in total. The molecule has 0 fully saturated rings. The third-order valence-electron chi connectivity index (χ3n) is 3.51. The summed E-state index contributed by atoms with van der Waals surface area (Å²) in [6, 6.07) is 12.8. The molecule has 1 aromatic heterocycles. The Morgan fingerprint density at radius 1 is 1.10 bits per heavy atom. The molecule has 0 radical (unpaired) electrons. The molecule has 0 aliphatic heterocycles. The van der Waals surface area contributed by atoms with Gasteiger partial charge in [0.05, 0.1) is 13.2 Å². The number of carbonyl (C=O) groups excluding carboxylic acids is 1. The Morgan fingerprint density at radius 3 is 2.13 bits per heavy atom. The van der Waals surface area contributed by atoms with Gasteiger partial charge < -0.3 is 9.52 Å². The molecule has 0 saturated carbocycles. The zero-order valence-corrected chi connectivity index (χ0v) is 18.1. The predicted octanol–water partition coefficient (Wildman–Crippen LogP) is 1.75. The average molecular weight is 522 g/mol. The Hall–Kier alpha value is -0.160. The van der Waals surface area contributed by atoms with Crippen molar-refractivity contribution in [2.45, 2.75) is 6.54 Å². The van der Waals surface area contributed by atoms with Crippen molar-refractivity contribution in [3.63, 3.8) is 0 Å². The van der Waals surface area contributed by atoms with Gasteiger partial charge in [0.15, 0.2) is 0 Å². The molecule has 0 aliphatic rings. The van der Waals surface area contributed by atoms with Crippen LogP contribution in [0.25, 0.3) is 0 Å². The summed E-state index contributed by atoms with van der Waals surface area (Å²) in [4.78, 5) is 38.3. The fraction of sp³-hybridized carbons (Fsp3) is 0.118. The summed E-state index contributed by atoms with van der Waals surface area (Å²) in [5.74, 6) is -0.664. The number of aromatic nitrogens is 2. The van der Waals surface area contributed by atoms with E-state index in [4.69, 9.17) is 27.8 Å². The van der Waals surface area contributed by atoms with Crippen LogP contribution in [0, 0.1) is 0 Å². The molecule has 0 bridgehead atoms. The van der Waals surface area contributed by atoms with Crippen LogP contribution in [0.4, 0.5) is 0 Å². The zero-order chi connectivity index (χ0) is 21.2. The number of amides is 1. The summed E-state index contributed by atoms with van der Waals surface area (Å²) in [7, 11) is -4.09. The normalized spacial score (nSPS) is 13.0. The zero-order valence-electron chi connectivity index (χ0n) is 14.9. The van der Waals surface area contributed by atoms with Crippen molar-refractivity contribution in [1.82, 2.24) is 8.69 Å². The third kappa shape index (κ3) is 8.28. The number of hydrogen-bond acceptors (Lipinski definition) is 5. The first-order chi connectivity index (χ1) is 13.6. The molecule has 1 N–H and O–H groups in total. The van der Waals surface area contributed by atoms with E-state index in [1.807, 2.05) is 0 Å². The maximum absolute atomic E-state index is 12.7. The first-order valence-electron chi connectivity index (χ1n) is 8.05. The molecule has 0 spiro atoms. The first kappa shape index (κ1) is 28.9. The van der Waals surface area contributed by atoms with Crippen LogP contribution in [0.3, 0.4) is 0 Å². The van der Waals surface area contributed by atoms with E-state index in [-0.39, 0.29) is 76.0 Å². The number of nitrogens with zero attached hydrogens (tertiary/aromatic N) is 3. The summed E-state index contributed by atoms with van der Waals surface area (Å²) < 4.78 is 18.4. The molecular formula is C17H16Cl2N3Na2O5PS. The molecule has 1 amide bonds. The average Bonchev–Trinajstić information content (AvgIpc) is 2.91. The van der Waals surface area contributed by atoms with E-state index >= 15 is 0 Å². The van der Waals surface area contributed by atoms with Gasteiger partial charge in [-0.25, -0.2) is 13.3 Å². The van der Waals surface area contributed by atoms with Crippen LogP contribution < -0.4 is 15.1 Å². The van der Waals surface area contributed by atoms with E-state index < -0.39 is 19.2 Å². The molecule has 31 heavy (non-hydrogen) atoms. The van der Waals surface area contributed by atoms with Crippen LogP contribution in [-0.4, -0.2) is 85.3 Å². The Labute approximate surface area is 235 Å². The van der Waals surface area contributed by atoms with Gasteiger partial charge in [0.25, 0.3) is 5.91 Å². The van der Waals surface area contributed by atoms with Gasteiger partial charge >= 0.3 is 72.4 Å². The number of hydrogen-bond donors (Lipinski definition) is 1. The number of benzene rings is 2. The molecule has 0 aliphatic carbocycles. The third-order valence-corrected chi connectivity index (χ3v) is 5.41. The molecule has 2 aromatic carbocycles. The van der Waals surface area contributed by atoms with Crippen molar-refractivity contribution >= 4 is 107 Å². The van der Waals surface area contributed by atoms with Gasteiger partial charge in [-0.2, -0.15) is 4.99 Å². The Kier molecular flexibility index (Phi) is 11.5. The SMILES string of the molecule is CP(=O)(O)On1c(=O)n(Cc2ccc(Cl)cc2)s/c1=N\C(=O)c1ccc(Cl)cc1.[NaH].[NaH]. The van der Waals surface area contributed by atoms with Crippen LogP contribution in [0.1, 0.15) is 15.9 Å². The summed E-state index contributed by atoms with van der Waals surface area (Å²) >= 11 is 12.5. The topological polar surface area (TPSA) is 103 Å². The van der Waals surface area contributed by atoms with E-state index in [1.165, 1.54) is 28.2 Å². The van der Waals surface area contributed by atoms with Gasteiger partial charge in [0, 0.05) is 15.6 Å². The second-order valence-corrected chi connectivity index (χ2v) is 9.55. The van der Waals surface area contributed by atoms with Gasteiger partial charge in [-0.15, -0.1) is 0 Å². The van der Waals surface area contributed by atoms with E-state index in [9.17, 15) is 19.0 Å². The molecule has 156 valence electrons. The van der Waals surface area contributed by atoms with Crippen molar-refractivity contribution < 1.29 is 18.9 Å². The van der Waals surface area contributed by atoms with Crippen molar-refractivity contribution in [2.24, 2.45) is 4.99 Å². The summed E-state index contributed by atoms with van der Waals surface area (Å²) in [5, 5.41) is 0.994. The van der Waals surface area contributed by atoms with E-state index in [0.717, 1.165) is 23.8 Å². The van der Waals surface area contributed by atoms with Crippen LogP contribution in [0.2, 0.25) is 10.0 Å². The van der Waals surface area contributed by atoms with Gasteiger partial charge in [0.1, 0.15) is 0 Å². The maximum atomic E-state index is 12.7. The summed E-state index contributed by atoms with van der Waals surface area (Å²) in [6.45, 7) is 1.06. The minimum atomic E-state index is -4.09. The molecule has 1 heterocycles. The Balaban J connectivity index is 0.00000240. The van der Waals surface area contributed by atoms with Gasteiger partial charge in [-0.3, -0.25) is 4.79 Å².